The summed E-state index contributed by atoms with van der Waals surface area (Å²) in [6, 6.07) is 6.11. The van der Waals surface area contributed by atoms with Gasteiger partial charge in [-0.25, -0.2) is 4.98 Å². The van der Waals surface area contributed by atoms with E-state index in [1.54, 1.807) is 0 Å². The van der Waals surface area contributed by atoms with Crippen LogP contribution in [-0.2, 0) is 16.1 Å². The van der Waals surface area contributed by atoms with E-state index in [1.165, 1.54) is 5.69 Å². The van der Waals surface area contributed by atoms with Gasteiger partial charge >= 0.3 is 0 Å². The van der Waals surface area contributed by atoms with Gasteiger partial charge in [0, 0.05) is 50.0 Å². The Hall–Kier alpha value is -2.41. The summed E-state index contributed by atoms with van der Waals surface area (Å²) < 4.78 is 2.15. The summed E-state index contributed by atoms with van der Waals surface area (Å²) in [5.74, 6) is 0.297. The Morgan fingerprint density at radius 1 is 1.06 bits per heavy atom. The highest BCUT2D eigenvalue weighted by Crippen LogP contribution is 2.39. The van der Waals surface area contributed by atoms with Gasteiger partial charge in [0.15, 0.2) is 0 Å². The number of hydrogen-bond donors (Lipinski definition) is 0. The van der Waals surface area contributed by atoms with Crippen molar-refractivity contribution in [3.05, 3.63) is 35.8 Å². The third kappa shape index (κ3) is 3.84. The van der Waals surface area contributed by atoms with Crippen molar-refractivity contribution in [2.75, 3.05) is 32.7 Å². The predicted molar refractivity (Wildman–Crippen MR) is 119 cm³/mol. The van der Waals surface area contributed by atoms with Gasteiger partial charge in [-0.3, -0.25) is 14.5 Å². The third-order valence-electron chi connectivity index (χ3n) is 7.68. The molecule has 5 rings (SSSR count). The number of imidazole rings is 1. The van der Waals surface area contributed by atoms with E-state index in [9.17, 15) is 9.59 Å². The molecule has 0 bridgehead atoms. The molecule has 2 aromatic heterocycles. The highest BCUT2D eigenvalue weighted by Gasteiger charge is 2.46. The minimum absolute atomic E-state index is 0.133. The van der Waals surface area contributed by atoms with Crippen LogP contribution in [-0.4, -0.2) is 74.2 Å². The molecule has 1 spiro atoms. The lowest BCUT2D eigenvalue weighted by Crippen LogP contribution is -2.51. The van der Waals surface area contributed by atoms with E-state index in [0.29, 0.717) is 6.42 Å². The van der Waals surface area contributed by atoms with Gasteiger partial charge in [0.2, 0.25) is 11.8 Å². The quantitative estimate of drug-likeness (QED) is 0.759. The fourth-order valence-corrected chi connectivity index (χ4v) is 5.77. The molecule has 2 aromatic rings. The molecule has 0 N–H and O–H groups in total. The zero-order valence-corrected chi connectivity index (χ0v) is 18.6. The molecule has 0 aliphatic carbocycles. The average Bonchev–Trinajstić information content (AvgIpc) is 3.44. The molecular formula is C24H33N5O2. The minimum atomic E-state index is -0.144. The molecule has 7 nitrogen and oxygen atoms in total. The molecule has 3 aliphatic heterocycles. The Bertz CT molecular complexity index is 980. The molecule has 0 unspecified atom stereocenters. The third-order valence-corrected chi connectivity index (χ3v) is 7.68. The standard InChI is InChI=1S/C24H33N5O2/c1-19-20(25-21-7-2-3-15-28(19)21)17-26-12-6-9-24(11-16-26)10-8-22(30)29(24)18-23(31)27-13-4-5-14-27/h2-3,7,15H,4-6,8-14,16-18H2,1H3/t24-/m0/s1. The molecule has 7 heteroatoms. The Morgan fingerprint density at radius 3 is 2.71 bits per heavy atom. The molecule has 0 aromatic carbocycles. The van der Waals surface area contributed by atoms with Crippen molar-refractivity contribution >= 4 is 17.5 Å². The number of likely N-dealkylation sites (tertiary alicyclic amines) is 3. The lowest BCUT2D eigenvalue weighted by Gasteiger charge is -2.38. The van der Waals surface area contributed by atoms with Gasteiger partial charge in [-0.15, -0.1) is 0 Å². The molecule has 3 saturated heterocycles. The lowest BCUT2D eigenvalue weighted by molar-refractivity contribution is -0.141. The number of amides is 2. The van der Waals surface area contributed by atoms with E-state index in [0.717, 1.165) is 82.6 Å². The molecule has 2 amide bonds. The van der Waals surface area contributed by atoms with Crippen LogP contribution in [0.4, 0.5) is 0 Å². The Balaban J connectivity index is 1.28. The van der Waals surface area contributed by atoms with Crippen molar-refractivity contribution in [2.45, 2.75) is 64.0 Å². The normalized spacial score (nSPS) is 25.1. The van der Waals surface area contributed by atoms with Crippen LogP contribution >= 0.6 is 0 Å². The molecule has 3 fully saturated rings. The number of aromatic nitrogens is 2. The summed E-state index contributed by atoms with van der Waals surface area (Å²) in [5, 5.41) is 0. The summed E-state index contributed by atoms with van der Waals surface area (Å²) in [6.45, 7) is 6.89. The van der Waals surface area contributed by atoms with Gasteiger partial charge in [0.05, 0.1) is 5.69 Å². The van der Waals surface area contributed by atoms with Crippen molar-refractivity contribution in [3.63, 3.8) is 0 Å². The lowest BCUT2D eigenvalue weighted by atomic mass is 9.87. The molecule has 31 heavy (non-hydrogen) atoms. The minimum Gasteiger partial charge on any atom is -0.341 e. The largest absolute Gasteiger partial charge is 0.341 e. The Labute approximate surface area is 184 Å². The van der Waals surface area contributed by atoms with Gasteiger partial charge < -0.3 is 14.2 Å². The summed E-state index contributed by atoms with van der Waals surface area (Å²) in [6.07, 6.45) is 8.70. The number of carbonyl (C=O) groups is 2. The Kier molecular flexibility index (Phi) is 5.46. The number of pyridine rings is 1. The van der Waals surface area contributed by atoms with E-state index in [1.807, 2.05) is 28.0 Å². The van der Waals surface area contributed by atoms with Crippen LogP contribution in [0.25, 0.3) is 5.65 Å². The molecule has 1 atom stereocenters. The smallest absolute Gasteiger partial charge is 0.242 e. The topological polar surface area (TPSA) is 61.2 Å². The van der Waals surface area contributed by atoms with E-state index in [2.05, 4.69) is 22.4 Å². The van der Waals surface area contributed by atoms with Crippen LogP contribution < -0.4 is 0 Å². The number of hydrogen-bond acceptors (Lipinski definition) is 4. The second-order valence-corrected chi connectivity index (χ2v) is 9.49. The SMILES string of the molecule is Cc1c(CN2CCC[C@]3(CCC(=O)N3CC(=O)N3CCCC3)CC2)nc2ccccn12. The van der Waals surface area contributed by atoms with E-state index >= 15 is 0 Å². The van der Waals surface area contributed by atoms with E-state index in [4.69, 9.17) is 4.98 Å². The summed E-state index contributed by atoms with van der Waals surface area (Å²) in [5.41, 5.74) is 3.18. The van der Waals surface area contributed by atoms with Crippen molar-refractivity contribution < 1.29 is 9.59 Å². The van der Waals surface area contributed by atoms with Crippen LogP contribution in [0, 0.1) is 6.92 Å². The first-order valence-electron chi connectivity index (χ1n) is 11.8. The summed E-state index contributed by atoms with van der Waals surface area (Å²) >= 11 is 0. The molecule has 166 valence electrons. The van der Waals surface area contributed by atoms with Crippen LogP contribution in [0.3, 0.4) is 0 Å². The summed E-state index contributed by atoms with van der Waals surface area (Å²) in [7, 11) is 0. The van der Waals surface area contributed by atoms with Crippen LogP contribution in [0.1, 0.15) is 56.3 Å². The van der Waals surface area contributed by atoms with Crippen LogP contribution in [0.5, 0.6) is 0 Å². The average molecular weight is 424 g/mol. The highest BCUT2D eigenvalue weighted by molar-refractivity contribution is 5.87. The molecule has 3 aliphatic rings. The van der Waals surface area contributed by atoms with Gasteiger partial charge in [-0.1, -0.05) is 6.07 Å². The first-order valence-corrected chi connectivity index (χ1v) is 11.8. The predicted octanol–water partition coefficient (Wildman–Crippen LogP) is 2.61. The monoisotopic (exact) mass is 423 g/mol. The van der Waals surface area contributed by atoms with E-state index in [-0.39, 0.29) is 23.9 Å². The zero-order chi connectivity index (χ0) is 21.4. The maximum Gasteiger partial charge on any atom is 0.242 e. The van der Waals surface area contributed by atoms with Gasteiger partial charge in [0.25, 0.3) is 0 Å². The molecule has 5 heterocycles. The van der Waals surface area contributed by atoms with Crippen LogP contribution in [0.15, 0.2) is 24.4 Å². The fraction of sp³-hybridized carbons (Fsp3) is 0.625. The number of rotatable bonds is 4. The second kappa shape index (κ2) is 8.26. The maximum absolute atomic E-state index is 12.8. The van der Waals surface area contributed by atoms with Gasteiger partial charge in [-0.2, -0.15) is 0 Å². The van der Waals surface area contributed by atoms with Crippen molar-refractivity contribution in [1.82, 2.24) is 24.1 Å². The maximum atomic E-state index is 12.8. The van der Waals surface area contributed by atoms with Gasteiger partial charge in [-0.05, 0) is 64.1 Å². The second-order valence-electron chi connectivity index (χ2n) is 9.49. The van der Waals surface area contributed by atoms with Crippen molar-refractivity contribution in [1.29, 1.82) is 0 Å². The Morgan fingerprint density at radius 2 is 1.90 bits per heavy atom. The summed E-state index contributed by atoms with van der Waals surface area (Å²) in [4.78, 5) is 36.8. The van der Waals surface area contributed by atoms with E-state index < -0.39 is 0 Å². The van der Waals surface area contributed by atoms with Crippen molar-refractivity contribution in [3.8, 4) is 0 Å². The van der Waals surface area contributed by atoms with Crippen molar-refractivity contribution in [2.24, 2.45) is 0 Å². The molecule has 0 radical (unpaired) electrons. The molecular weight excluding hydrogens is 390 g/mol. The highest BCUT2D eigenvalue weighted by atomic mass is 16.2. The number of fused-ring (bicyclic) bond motifs is 1. The first kappa shape index (κ1) is 20.5. The number of nitrogens with zero attached hydrogens (tertiary/aromatic N) is 5. The number of aryl methyl sites for hydroxylation is 1. The first-order chi connectivity index (χ1) is 15.1. The zero-order valence-electron chi connectivity index (χ0n) is 18.6. The number of carbonyl (C=O) groups excluding carboxylic acids is 2. The fourth-order valence-electron chi connectivity index (χ4n) is 5.77. The van der Waals surface area contributed by atoms with Gasteiger partial charge in [0.1, 0.15) is 12.2 Å². The van der Waals surface area contributed by atoms with Crippen LogP contribution in [0.2, 0.25) is 0 Å². The molecule has 0 saturated carbocycles.